The largest absolute Gasteiger partial charge is 0.350 e. The van der Waals surface area contributed by atoms with Gasteiger partial charge >= 0.3 is 6.03 Å². The van der Waals surface area contributed by atoms with Gasteiger partial charge in [0.15, 0.2) is 0 Å². The van der Waals surface area contributed by atoms with Crippen molar-refractivity contribution in [2.75, 3.05) is 22.9 Å². The Morgan fingerprint density at radius 1 is 0.879 bits per heavy atom. The second-order valence-corrected chi connectivity index (χ2v) is 8.51. The first-order valence-corrected chi connectivity index (χ1v) is 11.1. The van der Waals surface area contributed by atoms with Gasteiger partial charge in [-0.1, -0.05) is 29.8 Å². The summed E-state index contributed by atoms with van der Waals surface area (Å²) in [5.74, 6) is -0.0876. The lowest BCUT2D eigenvalue weighted by molar-refractivity contribution is -0.119. The van der Waals surface area contributed by atoms with Gasteiger partial charge < -0.3 is 15.5 Å². The average molecular weight is 444 g/mol. The van der Waals surface area contributed by atoms with Crippen molar-refractivity contribution < 1.29 is 14.4 Å². The van der Waals surface area contributed by atoms with Crippen LogP contribution in [0.3, 0.4) is 0 Å². The van der Waals surface area contributed by atoms with Crippen LogP contribution in [-0.2, 0) is 11.2 Å². The number of fused-ring (bicyclic) bond motifs is 1. The molecule has 8 heteroatoms. The fourth-order valence-corrected chi connectivity index (χ4v) is 4.60. The molecule has 3 heterocycles. The molecule has 2 aliphatic heterocycles. The van der Waals surface area contributed by atoms with Gasteiger partial charge in [-0.05, 0) is 44.0 Å². The molecular weight excluding hydrogens is 418 g/mol. The van der Waals surface area contributed by atoms with E-state index >= 15 is 0 Å². The SMILES string of the molecule is Cc1ccc(-c2nn(C(N)=O)c3c2C(=O)N(c2ccc(N4CCCCC4=O)cc2)CC3)cc1. The van der Waals surface area contributed by atoms with Crippen molar-refractivity contribution >= 4 is 29.2 Å². The molecule has 2 aliphatic rings. The van der Waals surface area contributed by atoms with E-state index in [1.807, 2.05) is 55.5 Å². The number of aromatic nitrogens is 2. The van der Waals surface area contributed by atoms with Crippen LogP contribution in [0.15, 0.2) is 48.5 Å². The van der Waals surface area contributed by atoms with Crippen LogP contribution in [0, 0.1) is 6.92 Å². The molecule has 0 aliphatic carbocycles. The van der Waals surface area contributed by atoms with E-state index < -0.39 is 6.03 Å². The van der Waals surface area contributed by atoms with Crippen molar-refractivity contribution in [3.05, 3.63) is 65.4 Å². The Bertz CT molecular complexity index is 1240. The third kappa shape index (κ3) is 3.67. The number of aryl methyl sites for hydroxylation is 1. The number of hydrogen-bond acceptors (Lipinski definition) is 4. The van der Waals surface area contributed by atoms with Crippen molar-refractivity contribution in [3.8, 4) is 11.3 Å². The highest BCUT2D eigenvalue weighted by molar-refractivity contribution is 6.12. The van der Waals surface area contributed by atoms with Crippen LogP contribution >= 0.6 is 0 Å². The summed E-state index contributed by atoms with van der Waals surface area (Å²) in [4.78, 5) is 41.3. The Balaban J connectivity index is 1.50. The second-order valence-electron chi connectivity index (χ2n) is 8.51. The fraction of sp³-hybridized carbons (Fsp3) is 0.280. The summed E-state index contributed by atoms with van der Waals surface area (Å²) in [7, 11) is 0. The monoisotopic (exact) mass is 443 g/mol. The number of carbonyl (C=O) groups is 3. The quantitative estimate of drug-likeness (QED) is 0.669. The minimum atomic E-state index is -0.707. The molecule has 3 aromatic rings. The molecule has 1 aromatic heterocycles. The predicted octanol–water partition coefficient (Wildman–Crippen LogP) is 3.51. The zero-order valence-corrected chi connectivity index (χ0v) is 18.5. The highest BCUT2D eigenvalue weighted by Gasteiger charge is 2.34. The van der Waals surface area contributed by atoms with Crippen molar-refractivity contribution in [1.29, 1.82) is 0 Å². The smallest absolute Gasteiger partial charge is 0.339 e. The van der Waals surface area contributed by atoms with Crippen molar-refractivity contribution in [1.82, 2.24) is 9.78 Å². The number of piperidine rings is 1. The van der Waals surface area contributed by atoms with Crippen molar-refractivity contribution in [2.24, 2.45) is 5.73 Å². The van der Waals surface area contributed by atoms with Gasteiger partial charge in [0.05, 0.1) is 11.3 Å². The van der Waals surface area contributed by atoms with Crippen LogP contribution in [0.25, 0.3) is 11.3 Å². The zero-order chi connectivity index (χ0) is 23.1. The van der Waals surface area contributed by atoms with Crippen molar-refractivity contribution in [3.63, 3.8) is 0 Å². The molecule has 5 rings (SSSR count). The molecule has 2 N–H and O–H groups in total. The number of nitrogens with two attached hydrogens (primary N) is 1. The fourth-order valence-electron chi connectivity index (χ4n) is 4.60. The molecule has 168 valence electrons. The maximum atomic E-state index is 13.6. The van der Waals surface area contributed by atoms with Gasteiger partial charge in [-0.15, -0.1) is 0 Å². The highest BCUT2D eigenvalue weighted by Crippen LogP contribution is 2.33. The van der Waals surface area contributed by atoms with E-state index in [0.717, 1.165) is 46.6 Å². The normalized spacial score (nSPS) is 16.2. The number of anilines is 2. The molecule has 1 saturated heterocycles. The van der Waals surface area contributed by atoms with E-state index in [2.05, 4.69) is 5.10 Å². The third-order valence-electron chi connectivity index (χ3n) is 6.34. The molecule has 0 unspecified atom stereocenters. The topological polar surface area (TPSA) is 102 Å². The van der Waals surface area contributed by atoms with Gasteiger partial charge in [-0.2, -0.15) is 9.78 Å². The van der Waals surface area contributed by atoms with Gasteiger partial charge in [0.2, 0.25) is 5.91 Å². The lowest BCUT2D eigenvalue weighted by atomic mass is 9.99. The van der Waals surface area contributed by atoms with Crippen LogP contribution in [0.2, 0.25) is 0 Å². The number of primary amides is 1. The summed E-state index contributed by atoms with van der Waals surface area (Å²) in [6, 6.07) is 14.5. The molecule has 0 saturated carbocycles. The lowest BCUT2D eigenvalue weighted by Gasteiger charge is -2.29. The molecule has 2 aromatic carbocycles. The van der Waals surface area contributed by atoms with E-state index in [9.17, 15) is 14.4 Å². The maximum absolute atomic E-state index is 13.6. The molecule has 33 heavy (non-hydrogen) atoms. The van der Waals surface area contributed by atoms with Gasteiger partial charge in [-0.25, -0.2) is 4.79 Å². The molecule has 1 fully saturated rings. The predicted molar refractivity (Wildman–Crippen MR) is 125 cm³/mol. The molecule has 0 atom stereocenters. The maximum Gasteiger partial charge on any atom is 0.339 e. The number of rotatable bonds is 3. The molecule has 0 spiro atoms. The first kappa shape index (κ1) is 20.9. The first-order chi connectivity index (χ1) is 15.9. The molecular formula is C25H25N5O3. The molecule has 0 radical (unpaired) electrons. The van der Waals surface area contributed by atoms with E-state index in [-0.39, 0.29) is 11.8 Å². The Hall–Kier alpha value is -3.94. The van der Waals surface area contributed by atoms with Gasteiger partial charge in [0.1, 0.15) is 5.69 Å². The summed E-state index contributed by atoms with van der Waals surface area (Å²) >= 11 is 0. The van der Waals surface area contributed by atoms with Crippen LogP contribution in [0.5, 0.6) is 0 Å². The van der Waals surface area contributed by atoms with Crippen LogP contribution in [0.1, 0.15) is 40.9 Å². The van der Waals surface area contributed by atoms with Crippen molar-refractivity contribution in [2.45, 2.75) is 32.6 Å². The molecule has 8 nitrogen and oxygen atoms in total. The van der Waals surface area contributed by atoms with Crippen LogP contribution in [-0.4, -0.2) is 40.7 Å². The van der Waals surface area contributed by atoms with Gasteiger partial charge in [0, 0.05) is 42.9 Å². The Kier molecular flexibility index (Phi) is 5.20. The van der Waals surface area contributed by atoms with Gasteiger partial charge in [-0.3, -0.25) is 9.59 Å². The summed E-state index contributed by atoms with van der Waals surface area (Å²) in [6.07, 6.45) is 2.95. The van der Waals surface area contributed by atoms with E-state index in [1.165, 1.54) is 0 Å². The number of nitrogens with zero attached hydrogens (tertiary/aromatic N) is 4. The number of carbonyl (C=O) groups excluding carboxylic acids is 3. The Morgan fingerprint density at radius 2 is 1.55 bits per heavy atom. The third-order valence-corrected chi connectivity index (χ3v) is 6.34. The summed E-state index contributed by atoms with van der Waals surface area (Å²) in [5.41, 5.74) is 10.4. The summed E-state index contributed by atoms with van der Waals surface area (Å²) < 4.78 is 1.14. The number of amides is 3. The second kappa shape index (κ2) is 8.20. The minimum absolute atomic E-state index is 0.134. The van der Waals surface area contributed by atoms with E-state index in [4.69, 9.17) is 5.73 Å². The standard InChI is InChI=1S/C25H25N5O3/c1-16-5-7-17(8-6-16)23-22-20(30(27-23)25(26)33)13-15-29(24(22)32)19-11-9-18(10-12-19)28-14-3-2-4-21(28)31/h5-12H,2-4,13-15H2,1H3,(H2,26,33). The van der Waals surface area contributed by atoms with E-state index in [0.29, 0.717) is 36.3 Å². The molecule has 3 amide bonds. The average Bonchev–Trinajstić information content (AvgIpc) is 3.21. The Labute approximate surface area is 191 Å². The summed E-state index contributed by atoms with van der Waals surface area (Å²) in [5, 5.41) is 4.40. The minimum Gasteiger partial charge on any atom is -0.350 e. The van der Waals surface area contributed by atoms with Crippen LogP contribution < -0.4 is 15.5 Å². The Morgan fingerprint density at radius 3 is 2.18 bits per heavy atom. The highest BCUT2D eigenvalue weighted by atomic mass is 16.2. The number of benzene rings is 2. The molecule has 0 bridgehead atoms. The van der Waals surface area contributed by atoms with Crippen LogP contribution in [0.4, 0.5) is 16.2 Å². The number of hydrogen-bond donors (Lipinski definition) is 1. The van der Waals surface area contributed by atoms with Gasteiger partial charge in [0.25, 0.3) is 5.91 Å². The first-order valence-electron chi connectivity index (χ1n) is 11.1. The summed E-state index contributed by atoms with van der Waals surface area (Å²) in [6.45, 7) is 3.10. The van der Waals surface area contributed by atoms with E-state index in [1.54, 1.807) is 9.80 Å². The zero-order valence-electron chi connectivity index (χ0n) is 18.5. The lowest BCUT2D eigenvalue weighted by Crippen LogP contribution is -2.39.